The number of amidine groups is 1. The molecule has 4 rings (SSSR count). The van der Waals surface area contributed by atoms with Gasteiger partial charge in [0.15, 0.2) is 16.7 Å². The van der Waals surface area contributed by atoms with Crippen LogP contribution in [0, 0.1) is 3.57 Å². The fraction of sp³-hybridized carbons (Fsp3) is 0.115. The maximum Gasteiger partial charge on any atom is 0.335 e. The first-order valence-corrected chi connectivity index (χ1v) is 13.4. The van der Waals surface area contributed by atoms with Gasteiger partial charge in [-0.05, 0) is 88.5 Å². The first-order valence-electron chi connectivity index (χ1n) is 10.7. The first-order chi connectivity index (χ1) is 17.7. The zero-order valence-corrected chi connectivity index (χ0v) is 24.0. The summed E-state index contributed by atoms with van der Waals surface area (Å²) in [7, 11) is 3.17. The summed E-state index contributed by atoms with van der Waals surface area (Å²) in [5, 5.41) is 10.7. The molecule has 1 amide bonds. The molecule has 0 saturated carbocycles. The van der Waals surface area contributed by atoms with Crippen molar-refractivity contribution in [2.75, 3.05) is 14.2 Å². The van der Waals surface area contributed by atoms with Gasteiger partial charge in [0, 0.05) is 22.7 Å². The molecule has 1 heterocycles. The van der Waals surface area contributed by atoms with Gasteiger partial charge in [-0.2, -0.15) is 0 Å². The lowest BCUT2D eigenvalue weighted by molar-refractivity contribution is -0.121. The number of aromatic carboxylic acids is 1. The molecule has 1 saturated heterocycles. The van der Waals surface area contributed by atoms with Crippen LogP contribution in [0.1, 0.15) is 21.5 Å². The normalized spacial score (nSPS) is 15.5. The molecule has 11 heteroatoms. The van der Waals surface area contributed by atoms with E-state index in [0.717, 1.165) is 14.7 Å². The monoisotopic (exact) mass is 668 g/mol. The fourth-order valence-electron chi connectivity index (χ4n) is 3.37. The van der Waals surface area contributed by atoms with Gasteiger partial charge in [-0.25, -0.2) is 9.79 Å². The van der Waals surface area contributed by atoms with Crippen molar-refractivity contribution < 1.29 is 24.2 Å². The van der Waals surface area contributed by atoms with Crippen LogP contribution in [0.5, 0.6) is 11.5 Å². The number of likely N-dealkylation sites (N-methyl/N-ethyl adjacent to an activating group) is 1. The topological polar surface area (TPSA) is 88.4 Å². The Morgan fingerprint density at radius 1 is 1.19 bits per heavy atom. The largest absolute Gasteiger partial charge is 0.493 e. The third-order valence-corrected chi connectivity index (χ3v) is 7.71. The number of hydrogen-bond acceptors (Lipinski definition) is 6. The lowest BCUT2D eigenvalue weighted by Gasteiger charge is -2.14. The summed E-state index contributed by atoms with van der Waals surface area (Å²) in [6, 6.07) is 15.1. The minimum absolute atomic E-state index is 0.122. The van der Waals surface area contributed by atoms with Crippen molar-refractivity contribution in [1.82, 2.24) is 4.90 Å². The smallest absolute Gasteiger partial charge is 0.335 e. The SMILES string of the molecule is COc1cc(/C=C2/SC(=Nc3cccc(C(=O)O)c3)N(C)C2=O)cc(I)c1OCc1ccc(Cl)cc1Cl. The van der Waals surface area contributed by atoms with E-state index in [9.17, 15) is 14.7 Å². The van der Waals surface area contributed by atoms with Gasteiger partial charge in [-0.15, -0.1) is 0 Å². The van der Waals surface area contributed by atoms with Gasteiger partial charge in [0.25, 0.3) is 5.91 Å². The predicted octanol–water partition coefficient (Wildman–Crippen LogP) is 7.12. The second kappa shape index (κ2) is 11.8. The Hall–Kier alpha value is -2.73. The molecule has 37 heavy (non-hydrogen) atoms. The highest BCUT2D eigenvalue weighted by Gasteiger charge is 2.30. The van der Waals surface area contributed by atoms with Gasteiger partial charge in [-0.3, -0.25) is 9.69 Å². The van der Waals surface area contributed by atoms with Crippen molar-refractivity contribution in [3.8, 4) is 11.5 Å². The Balaban J connectivity index is 1.57. The number of amides is 1. The van der Waals surface area contributed by atoms with E-state index in [1.807, 2.05) is 6.07 Å². The average molecular weight is 669 g/mol. The van der Waals surface area contributed by atoms with Crippen molar-refractivity contribution in [3.63, 3.8) is 0 Å². The number of hydrogen-bond donors (Lipinski definition) is 1. The highest BCUT2D eigenvalue weighted by Crippen LogP contribution is 2.38. The summed E-state index contributed by atoms with van der Waals surface area (Å²) >= 11 is 15.6. The Labute approximate surface area is 241 Å². The van der Waals surface area contributed by atoms with Crippen LogP contribution in [0.25, 0.3) is 6.08 Å². The summed E-state index contributed by atoms with van der Waals surface area (Å²) in [4.78, 5) is 30.5. The van der Waals surface area contributed by atoms with Crippen LogP contribution in [0.4, 0.5) is 5.69 Å². The third kappa shape index (κ3) is 6.40. The summed E-state index contributed by atoms with van der Waals surface area (Å²) in [6.07, 6.45) is 1.75. The molecule has 1 N–H and O–H groups in total. The minimum atomic E-state index is -1.04. The lowest BCUT2D eigenvalue weighted by Crippen LogP contribution is -2.23. The number of carboxylic acid groups (broad SMARTS) is 1. The molecular formula is C26H19Cl2IN2O5S. The van der Waals surface area contributed by atoms with Crippen molar-refractivity contribution in [1.29, 1.82) is 0 Å². The van der Waals surface area contributed by atoms with Crippen molar-refractivity contribution in [2.45, 2.75) is 6.61 Å². The number of benzene rings is 3. The van der Waals surface area contributed by atoms with Crippen molar-refractivity contribution in [3.05, 3.63) is 89.8 Å². The molecule has 1 aliphatic rings. The van der Waals surface area contributed by atoms with Crippen LogP contribution in [0.15, 0.2) is 64.5 Å². The number of carboxylic acids is 1. The molecule has 3 aromatic rings. The van der Waals surface area contributed by atoms with Gasteiger partial charge < -0.3 is 14.6 Å². The number of carbonyl (C=O) groups is 2. The van der Waals surface area contributed by atoms with Crippen LogP contribution in [0.2, 0.25) is 10.0 Å². The zero-order chi connectivity index (χ0) is 26.7. The molecule has 0 spiro atoms. The average Bonchev–Trinajstić information content (AvgIpc) is 3.11. The van der Waals surface area contributed by atoms with Crippen LogP contribution >= 0.6 is 57.6 Å². The Bertz CT molecular complexity index is 1460. The lowest BCUT2D eigenvalue weighted by atomic mass is 10.1. The molecule has 0 unspecified atom stereocenters. The Morgan fingerprint density at radius 2 is 1.97 bits per heavy atom. The van der Waals surface area contributed by atoms with Gasteiger partial charge in [-0.1, -0.05) is 35.3 Å². The van der Waals surface area contributed by atoms with Crippen LogP contribution in [0.3, 0.4) is 0 Å². The number of nitrogens with zero attached hydrogens (tertiary/aromatic N) is 2. The number of thioether (sulfide) groups is 1. The molecule has 190 valence electrons. The number of halogens is 3. The van der Waals surface area contributed by atoms with Crippen molar-refractivity contribution >= 4 is 86.4 Å². The highest BCUT2D eigenvalue weighted by molar-refractivity contribution is 14.1. The quantitative estimate of drug-likeness (QED) is 0.213. The van der Waals surface area contributed by atoms with Gasteiger partial charge in [0.05, 0.1) is 26.8 Å². The number of aliphatic imine (C=N–C) groups is 1. The van der Waals surface area contributed by atoms with Crippen LogP contribution in [-0.4, -0.2) is 41.2 Å². The van der Waals surface area contributed by atoms with E-state index in [1.54, 1.807) is 56.6 Å². The molecule has 0 aromatic heterocycles. The number of carbonyl (C=O) groups excluding carboxylic acids is 1. The van der Waals surface area contributed by atoms with E-state index < -0.39 is 5.97 Å². The molecule has 7 nitrogen and oxygen atoms in total. The van der Waals surface area contributed by atoms with E-state index >= 15 is 0 Å². The number of methoxy groups -OCH3 is 1. The molecule has 0 aliphatic carbocycles. The predicted molar refractivity (Wildman–Crippen MR) is 155 cm³/mol. The van der Waals surface area contributed by atoms with Crippen LogP contribution < -0.4 is 9.47 Å². The van der Waals surface area contributed by atoms with E-state index in [0.29, 0.717) is 37.3 Å². The fourth-order valence-corrected chi connectivity index (χ4v) is 5.60. The molecule has 0 radical (unpaired) electrons. The van der Waals surface area contributed by atoms with Gasteiger partial charge in [0.2, 0.25) is 0 Å². The summed E-state index contributed by atoms with van der Waals surface area (Å²) in [5.41, 5.74) is 2.10. The summed E-state index contributed by atoms with van der Waals surface area (Å²) < 4.78 is 12.4. The van der Waals surface area contributed by atoms with Crippen molar-refractivity contribution in [2.24, 2.45) is 4.99 Å². The molecule has 3 aromatic carbocycles. The maximum atomic E-state index is 12.9. The number of rotatable bonds is 7. The highest BCUT2D eigenvalue weighted by atomic mass is 127. The maximum absolute atomic E-state index is 12.9. The Kier molecular flexibility index (Phi) is 8.68. The molecule has 1 fully saturated rings. The second-order valence-electron chi connectivity index (χ2n) is 7.78. The second-order valence-corrected chi connectivity index (χ2v) is 10.8. The van der Waals surface area contributed by atoms with Crippen LogP contribution in [-0.2, 0) is 11.4 Å². The molecule has 1 aliphatic heterocycles. The molecule has 0 bridgehead atoms. The Morgan fingerprint density at radius 3 is 2.68 bits per heavy atom. The summed E-state index contributed by atoms with van der Waals surface area (Å²) in [6.45, 7) is 0.227. The van der Waals surface area contributed by atoms with E-state index in [1.165, 1.54) is 28.8 Å². The first kappa shape index (κ1) is 27.3. The van der Waals surface area contributed by atoms with E-state index in [-0.39, 0.29) is 18.1 Å². The third-order valence-electron chi connectivity index (χ3n) is 5.26. The van der Waals surface area contributed by atoms with E-state index in [2.05, 4.69) is 27.6 Å². The van der Waals surface area contributed by atoms with E-state index in [4.69, 9.17) is 32.7 Å². The summed E-state index contributed by atoms with van der Waals surface area (Å²) in [5.74, 6) is -0.199. The van der Waals surface area contributed by atoms with Gasteiger partial charge in [0.1, 0.15) is 6.61 Å². The number of ether oxygens (including phenoxy) is 2. The zero-order valence-electron chi connectivity index (χ0n) is 19.5. The van der Waals surface area contributed by atoms with Gasteiger partial charge >= 0.3 is 5.97 Å². The minimum Gasteiger partial charge on any atom is -0.493 e. The molecular weight excluding hydrogens is 650 g/mol. The standard InChI is InChI=1S/C26H19Cl2IN2O5S/c1-31-24(32)22(37-26(31)30-18-5-3-4-15(11-18)25(33)34)10-14-8-20(29)23(21(9-14)35-2)36-13-16-6-7-17(27)12-19(16)28/h3-12H,13H2,1-2H3,(H,33,34)/b22-10+,30-26?. The molecule has 0 atom stereocenters.